The summed E-state index contributed by atoms with van der Waals surface area (Å²) in [4.78, 5) is 17.3. The third-order valence-electron chi connectivity index (χ3n) is 2.96. The number of nitrogens with zero attached hydrogens (tertiary/aromatic N) is 1. The van der Waals surface area contributed by atoms with Crippen LogP contribution >= 0.6 is 0 Å². The first kappa shape index (κ1) is 11.7. The number of hydrogen-bond acceptors (Lipinski definition) is 1. The van der Waals surface area contributed by atoms with Crippen molar-refractivity contribution in [3.05, 3.63) is 36.0 Å². The first-order valence-electron chi connectivity index (χ1n) is 6.12. The van der Waals surface area contributed by atoms with Crippen molar-refractivity contribution >= 4 is 16.8 Å². The smallest absolute Gasteiger partial charge is 0.253 e. The van der Waals surface area contributed by atoms with Gasteiger partial charge < -0.3 is 9.88 Å². The number of carbonyl (C=O) groups excluding carboxylic acids is 1. The lowest BCUT2D eigenvalue weighted by molar-refractivity contribution is 0.0764. The Balaban J connectivity index is 2.28. The molecule has 2 rings (SSSR count). The highest BCUT2D eigenvalue weighted by Crippen LogP contribution is 2.15. The molecule has 0 bridgehead atoms. The Hall–Kier alpha value is -1.77. The number of nitrogens with one attached hydrogen (secondary N) is 1. The van der Waals surface area contributed by atoms with E-state index >= 15 is 0 Å². The normalized spacial score (nSPS) is 10.7. The van der Waals surface area contributed by atoms with Crippen LogP contribution in [0.5, 0.6) is 0 Å². The van der Waals surface area contributed by atoms with Crippen molar-refractivity contribution in [2.75, 3.05) is 13.1 Å². The standard InChI is InChI=1S/C14H18N2O/c1-3-9-16(4-2)14(17)12-5-6-13-11(10-12)7-8-15-13/h5-8,10,15H,3-4,9H2,1-2H3. The number of benzene rings is 1. The van der Waals surface area contributed by atoms with Gasteiger partial charge in [-0.2, -0.15) is 0 Å². The van der Waals surface area contributed by atoms with Gasteiger partial charge in [0.2, 0.25) is 0 Å². The summed E-state index contributed by atoms with van der Waals surface area (Å²) in [5, 5.41) is 1.09. The molecule has 1 amide bonds. The molecule has 90 valence electrons. The summed E-state index contributed by atoms with van der Waals surface area (Å²) in [7, 11) is 0. The Bertz CT molecular complexity index is 516. The second-order valence-electron chi connectivity index (χ2n) is 4.16. The van der Waals surface area contributed by atoms with Crippen molar-refractivity contribution in [2.24, 2.45) is 0 Å². The van der Waals surface area contributed by atoms with Gasteiger partial charge in [-0.15, -0.1) is 0 Å². The molecule has 1 aromatic carbocycles. The highest BCUT2D eigenvalue weighted by Gasteiger charge is 2.13. The zero-order valence-corrected chi connectivity index (χ0v) is 10.4. The molecule has 3 heteroatoms. The fraction of sp³-hybridized carbons (Fsp3) is 0.357. The van der Waals surface area contributed by atoms with Crippen molar-refractivity contribution in [3.63, 3.8) is 0 Å². The average molecular weight is 230 g/mol. The lowest BCUT2D eigenvalue weighted by atomic mass is 10.1. The maximum atomic E-state index is 12.2. The monoisotopic (exact) mass is 230 g/mol. The van der Waals surface area contributed by atoms with Crippen molar-refractivity contribution in [1.29, 1.82) is 0 Å². The third-order valence-corrected chi connectivity index (χ3v) is 2.96. The number of aromatic nitrogens is 1. The maximum Gasteiger partial charge on any atom is 0.253 e. The van der Waals surface area contributed by atoms with Crippen molar-refractivity contribution < 1.29 is 4.79 Å². The van der Waals surface area contributed by atoms with Crippen LogP contribution in [0.2, 0.25) is 0 Å². The van der Waals surface area contributed by atoms with Crippen LogP contribution in [0.15, 0.2) is 30.5 Å². The minimum absolute atomic E-state index is 0.123. The van der Waals surface area contributed by atoms with E-state index in [1.54, 1.807) is 0 Å². The number of fused-ring (bicyclic) bond motifs is 1. The molecule has 1 N–H and O–H groups in total. The van der Waals surface area contributed by atoms with E-state index in [1.807, 2.05) is 42.3 Å². The van der Waals surface area contributed by atoms with Crippen LogP contribution in [0.4, 0.5) is 0 Å². The molecular weight excluding hydrogens is 212 g/mol. The van der Waals surface area contributed by atoms with E-state index in [2.05, 4.69) is 11.9 Å². The molecule has 17 heavy (non-hydrogen) atoms. The molecule has 0 aliphatic heterocycles. The zero-order chi connectivity index (χ0) is 12.3. The highest BCUT2D eigenvalue weighted by atomic mass is 16.2. The van der Waals surface area contributed by atoms with E-state index < -0.39 is 0 Å². The van der Waals surface area contributed by atoms with Crippen LogP contribution in [-0.2, 0) is 0 Å². The minimum Gasteiger partial charge on any atom is -0.361 e. The zero-order valence-electron chi connectivity index (χ0n) is 10.4. The SMILES string of the molecule is CCCN(CC)C(=O)c1ccc2[nH]ccc2c1. The van der Waals surface area contributed by atoms with Crippen molar-refractivity contribution in [1.82, 2.24) is 9.88 Å². The summed E-state index contributed by atoms with van der Waals surface area (Å²) < 4.78 is 0. The maximum absolute atomic E-state index is 12.2. The molecule has 0 unspecified atom stereocenters. The van der Waals surface area contributed by atoms with E-state index in [-0.39, 0.29) is 5.91 Å². The number of H-pyrrole nitrogens is 1. The van der Waals surface area contributed by atoms with E-state index in [9.17, 15) is 4.79 Å². The highest BCUT2D eigenvalue weighted by molar-refractivity contribution is 5.98. The summed E-state index contributed by atoms with van der Waals surface area (Å²) in [6.07, 6.45) is 2.88. The number of amides is 1. The van der Waals surface area contributed by atoms with Crippen LogP contribution in [0.25, 0.3) is 10.9 Å². The van der Waals surface area contributed by atoms with Gasteiger partial charge in [-0.05, 0) is 37.6 Å². The van der Waals surface area contributed by atoms with Crippen LogP contribution in [0.1, 0.15) is 30.6 Å². The molecule has 0 aliphatic rings. The predicted molar refractivity (Wildman–Crippen MR) is 70.2 cm³/mol. The summed E-state index contributed by atoms with van der Waals surface area (Å²) in [6.45, 7) is 5.69. The number of rotatable bonds is 4. The summed E-state index contributed by atoms with van der Waals surface area (Å²) in [5.41, 5.74) is 1.84. The van der Waals surface area contributed by atoms with Crippen molar-refractivity contribution in [2.45, 2.75) is 20.3 Å². The second-order valence-corrected chi connectivity index (χ2v) is 4.16. The minimum atomic E-state index is 0.123. The Kier molecular flexibility index (Phi) is 3.47. The van der Waals surface area contributed by atoms with Gasteiger partial charge in [0, 0.05) is 35.8 Å². The molecule has 0 saturated heterocycles. The van der Waals surface area contributed by atoms with E-state index in [0.717, 1.165) is 36.0 Å². The van der Waals surface area contributed by atoms with Crippen molar-refractivity contribution in [3.8, 4) is 0 Å². The van der Waals surface area contributed by atoms with Gasteiger partial charge in [-0.1, -0.05) is 6.92 Å². The summed E-state index contributed by atoms with van der Waals surface area (Å²) in [6, 6.07) is 7.79. The Labute approximate surface area is 101 Å². The molecule has 0 aliphatic carbocycles. The van der Waals surface area contributed by atoms with Crippen LogP contribution < -0.4 is 0 Å². The summed E-state index contributed by atoms with van der Waals surface area (Å²) >= 11 is 0. The molecule has 0 spiro atoms. The van der Waals surface area contributed by atoms with Gasteiger partial charge in [0.05, 0.1) is 0 Å². The molecule has 2 aromatic rings. The third kappa shape index (κ3) is 2.33. The molecule has 3 nitrogen and oxygen atoms in total. The van der Waals surface area contributed by atoms with Crippen LogP contribution in [0.3, 0.4) is 0 Å². The van der Waals surface area contributed by atoms with Gasteiger partial charge in [0.25, 0.3) is 5.91 Å². The first-order chi connectivity index (χ1) is 8.26. The molecular formula is C14H18N2O. The molecule has 1 heterocycles. The molecule has 0 saturated carbocycles. The Morgan fingerprint density at radius 3 is 2.82 bits per heavy atom. The second kappa shape index (κ2) is 5.04. The van der Waals surface area contributed by atoms with Crippen LogP contribution in [0, 0.1) is 0 Å². The number of carbonyl (C=O) groups is 1. The average Bonchev–Trinajstić information content (AvgIpc) is 2.82. The van der Waals surface area contributed by atoms with E-state index in [0.29, 0.717) is 0 Å². The van der Waals surface area contributed by atoms with Gasteiger partial charge in [0.15, 0.2) is 0 Å². The lowest BCUT2D eigenvalue weighted by Crippen LogP contribution is -2.31. The topological polar surface area (TPSA) is 36.1 Å². The van der Waals surface area contributed by atoms with Gasteiger partial charge in [-0.25, -0.2) is 0 Å². The molecule has 1 aromatic heterocycles. The summed E-state index contributed by atoms with van der Waals surface area (Å²) in [5.74, 6) is 0.123. The predicted octanol–water partition coefficient (Wildman–Crippen LogP) is 3.04. The van der Waals surface area contributed by atoms with E-state index in [1.165, 1.54) is 0 Å². The Morgan fingerprint density at radius 2 is 2.12 bits per heavy atom. The molecule has 0 atom stereocenters. The van der Waals surface area contributed by atoms with Crippen LogP contribution in [-0.4, -0.2) is 28.9 Å². The van der Waals surface area contributed by atoms with Gasteiger partial charge in [-0.3, -0.25) is 4.79 Å². The fourth-order valence-corrected chi connectivity index (χ4v) is 2.04. The van der Waals surface area contributed by atoms with Gasteiger partial charge >= 0.3 is 0 Å². The lowest BCUT2D eigenvalue weighted by Gasteiger charge is -2.20. The number of hydrogen-bond donors (Lipinski definition) is 1. The Morgan fingerprint density at radius 1 is 1.29 bits per heavy atom. The van der Waals surface area contributed by atoms with E-state index in [4.69, 9.17) is 0 Å². The van der Waals surface area contributed by atoms with Gasteiger partial charge in [0.1, 0.15) is 0 Å². The molecule has 0 fully saturated rings. The number of aromatic amines is 1. The molecule has 0 radical (unpaired) electrons. The quantitative estimate of drug-likeness (QED) is 0.861. The largest absolute Gasteiger partial charge is 0.361 e. The fourth-order valence-electron chi connectivity index (χ4n) is 2.04. The first-order valence-corrected chi connectivity index (χ1v) is 6.12.